The normalized spacial score (nSPS) is 14.6. The van der Waals surface area contributed by atoms with Gasteiger partial charge in [0.2, 0.25) is 0 Å². The maximum atomic E-state index is 12.0. The fourth-order valence-corrected chi connectivity index (χ4v) is 2.53. The molecule has 7 heteroatoms. The van der Waals surface area contributed by atoms with Crippen LogP contribution in [0.15, 0.2) is 36.0 Å². The SMILES string of the molecule is C=C(/C=C(\C=CC)CC(CC(=O)C(C)=O)C(C)NC(C)(C)C(=O)O)C(=O)O. The van der Waals surface area contributed by atoms with Crippen molar-refractivity contribution < 1.29 is 29.4 Å². The van der Waals surface area contributed by atoms with Gasteiger partial charge in [-0.15, -0.1) is 0 Å². The molecule has 0 bridgehead atoms. The van der Waals surface area contributed by atoms with E-state index in [4.69, 9.17) is 5.11 Å². The Morgan fingerprint density at radius 1 is 1.15 bits per heavy atom. The summed E-state index contributed by atoms with van der Waals surface area (Å²) in [5.41, 5.74) is -0.717. The van der Waals surface area contributed by atoms with Crippen LogP contribution in [0.5, 0.6) is 0 Å². The van der Waals surface area contributed by atoms with E-state index >= 15 is 0 Å². The van der Waals surface area contributed by atoms with Crippen LogP contribution in [-0.4, -0.2) is 45.3 Å². The summed E-state index contributed by atoms with van der Waals surface area (Å²) in [6, 6.07) is -0.425. The Kier molecular flexibility index (Phi) is 9.58. The van der Waals surface area contributed by atoms with Crippen LogP contribution in [0.1, 0.15) is 47.5 Å². The predicted molar refractivity (Wildman–Crippen MR) is 102 cm³/mol. The first-order chi connectivity index (χ1) is 12.3. The van der Waals surface area contributed by atoms with Gasteiger partial charge in [0.25, 0.3) is 0 Å². The average Bonchev–Trinajstić information content (AvgIpc) is 2.53. The van der Waals surface area contributed by atoms with E-state index in [-0.39, 0.29) is 18.4 Å². The van der Waals surface area contributed by atoms with Gasteiger partial charge in [0.05, 0.1) is 5.57 Å². The number of hydrogen-bond donors (Lipinski definition) is 3. The van der Waals surface area contributed by atoms with E-state index in [0.29, 0.717) is 5.57 Å². The number of ketones is 2. The molecule has 0 heterocycles. The molecule has 0 fully saturated rings. The van der Waals surface area contributed by atoms with Crippen molar-refractivity contribution in [3.63, 3.8) is 0 Å². The zero-order valence-electron chi connectivity index (χ0n) is 16.5. The summed E-state index contributed by atoms with van der Waals surface area (Å²) in [5.74, 6) is -3.75. The van der Waals surface area contributed by atoms with Crippen LogP contribution >= 0.6 is 0 Å². The zero-order chi connectivity index (χ0) is 21.4. The molecule has 0 aliphatic rings. The van der Waals surface area contributed by atoms with Gasteiger partial charge in [-0.2, -0.15) is 0 Å². The van der Waals surface area contributed by atoms with Crippen molar-refractivity contribution in [1.29, 1.82) is 0 Å². The molecule has 0 aliphatic carbocycles. The Morgan fingerprint density at radius 2 is 1.70 bits per heavy atom. The number of allylic oxidation sites excluding steroid dienone is 3. The monoisotopic (exact) mass is 379 g/mol. The molecule has 2 unspecified atom stereocenters. The number of carboxylic acid groups (broad SMARTS) is 2. The van der Waals surface area contributed by atoms with E-state index in [1.165, 1.54) is 26.8 Å². The Labute approximate surface area is 159 Å². The Bertz CT molecular complexity index is 672. The van der Waals surface area contributed by atoms with E-state index in [0.717, 1.165) is 0 Å². The molecule has 3 N–H and O–H groups in total. The average molecular weight is 379 g/mol. The van der Waals surface area contributed by atoms with Gasteiger partial charge >= 0.3 is 11.9 Å². The number of hydrogen-bond acceptors (Lipinski definition) is 5. The summed E-state index contributed by atoms with van der Waals surface area (Å²) in [6.45, 7) is 11.2. The third kappa shape index (κ3) is 8.59. The number of nitrogens with one attached hydrogen (secondary N) is 1. The molecule has 0 amide bonds. The summed E-state index contributed by atoms with van der Waals surface area (Å²) in [7, 11) is 0. The highest BCUT2D eigenvalue weighted by molar-refractivity contribution is 6.36. The summed E-state index contributed by atoms with van der Waals surface area (Å²) in [6.07, 6.45) is 5.04. The first-order valence-corrected chi connectivity index (χ1v) is 8.62. The second-order valence-corrected chi connectivity index (χ2v) is 7.06. The maximum Gasteiger partial charge on any atom is 0.335 e. The fraction of sp³-hybridized carbons (Fsp3) is 0.500. The van der Waals surface area contributed by atoms with Gasteiger partial charge in [-0.1, -0.05) is 18.7 Å². The lowest BCUT2D eigenvalue weighted by atomic mass is 9.85. The largest absolute Gasteiger partial charge is 0.480 e. The molecule has 0 saturated heterocycles. The minimum absolute atomic E-state index is 0.0758. The molecule has 0 radical (unpaired) electrons. The van der Waals surface area contributed by atoms with Crippen molar-refractivity contribution in [2.75, 3.05) is 0 Å². The lowest BCUT2D eigenvalue weighted by Crippen LogP contribution is -2.53. The van der Waals surface area contributed by atoms with Crippen molar-refractivity contribution in [2.45, 2.75) is 59.0 Å². The highest BCUT2D eigenvalue weighted by Gasteiger charge is 2.32. The molecule has 7 nitrogen and oxygen atoms in total. The molecule has 0 spiro atoms. The van der Waals surface area contributed by atoms with E-state index in [9.17, 15) is 24.3 Å². The number of aliphatic carboxylic acids is 2. The van der Waals surface area contributed by atoms with Crippen LogP contribution in [-0.2, 0) is 19.2 Å². The summed E-state index contributed by atoms with van der Waals surface area (Å²) < 4.78 is 0. The van der Waals surface area contributed by atoms with Crippen molar-refractivity contribution in [1.82, 2.24) is 5.32 Å². The molecule has 150 valence electrons. The van der Waals surface area contributed by atoms with Gasteiger partial charge in [0, 0.05) is 19.4 Å². The highest BCUT2D eigenvalue weighted by Crippen LogP contribution is 2.24. The van der Waals surface area contributed by atoms with Gasteiger partial charge in [-0.3, -0.25) is 19.7 Å². The van der Waals surface area contributed by atoms with Gasteiger partial charge in [0.1, 0.15) is 5.54 Å². The van der Waals surface area contributed by atoms with Crippen molar-refractivity contribution >= 4 is 23.5 Å². The molecular weight excluding hydrogens is 350 g/mol. The molecule has 0 aromatic heterocycles. The van der Waals surface area contributed by atoms with E-state index in [2.05, 4.69) is 11.9 Å². The minimum Gasteiger partial charge on any atom is -0.480 e. The van der Waals surface area contributed by atoms with Crippen LogP contribution < -0.4 is 5.32 Å². The summed E-state index contributed by atoms with van der Waals surface area (Å²) >= 11 is 0. The zero-order valence-corrected chi connectivity index (χ0v) is 16.5. The lowest BCUT2D eigenvalue weighted by Gasteiger charge is -2.31. The third-order valence-corrected chi connectivity index (χ3v) is 4.18. The molecule has 27 heavy (non-hydrogen) atoms. The van der Waals surface area contributed by atoms with Gasteiger partial charge in [-0.05, 0) is 51.7 Å². The van der Waals surface area contributed by atoms with Crippen LogP contribution in [0.3, 0.4) is 0 Å². The molecule has 0 aromatic carbocycles. The quantitative estimate of drug-likeness (QED) is 0.271. The van der Waals surface area contributed by atoms with Gasteiger partial charge in [0.15, 0.2) is 11.6 Å². The van der Waals surface area contributed by atoms with Crippen molar-refractivity contribution in [2.24, 2.45) is 5.92 Å². The predicted octanol–water partition coefficient (Wildman–Crippen LogP) is 2.53. The fourth-order valence-electron chi connectivity index (χ4n) is 2.53. The van der Waals surface area contributed by atoms with E-state index < -0.39 is 41.0 Å². The van der Waals surface area contributed by atoms with Crippen LogP contribution in [0, 0.1) is 5.92 Å². The molecule has 0 saturated carbocycles. The molecule has 0 rings (SSSR count). The number of carbonyl (C=O) groups is 4. The molecule has 0 aliphatic heterocycles. The minimum atomic E-state index is -1.23. The van der Waals surface area contributed by atoms with Crippen LogP contribution in [0.4, 0.5) is 0 Å². The number of carboxylic acids is 2. The Hall–Kier alpha value is -2.54. The summed E-state index contributed by atoms with van der Waals surface area (Å²) in [5, 5.41) is 21.3. The van der Waals surface area contributed by atoms with E-state index in [1.807, 2.05) is 0 Å². The standard InChI is InChI=1S/C20H29NO6/c1-7-8-15(9-12(2)18(24)25)10-16(11-17(23)14(4)22)13(3)21-20(5,6)19(26)27/h7-9,13,16,21H,2,10-11H2,1,3-6H3,(H,24,25)(H,26,27)/b8-7?,15-9+. The molecule has 2 atom stereocenters. The highest BCUT2D eigenvalue weighted by atomic mass is 16.4. The third-order valence-electron chi connectivity index (χ3n) is 4.18. The second-order valence-electron chi connectivity index (χ2n) is 7.06. The van der Waals surface area contributed by atoms with Crippen molar-refractivity contribution in [3.05, 3.63) is 36.0 Å². The van der Waals surface area contributed by atoms with Crippen LogP contribution in [0.2, 0.25) is 0 Å². The Morgan fingerprint density at radius 3 is 2.11 bits per heavy atom. The lowest BCUT2D eigenvalue weighted by molar-refractivity contribution is -0.144. The summed E-state index contributed by atoms with van der Waals surface area (Å²) in [4.78, 5) is 45.8. The molecule has 0 aromatic rings. The first kappa shape index (κ1) is 24.5. The van der Waals surface area contributed by atoms with Crippen molar-refractivity contribution in [3.8, 4) is 0 Å². The van der Waals surface area contributed by atoms with Gasteiger partial charge in [-0.25, -0.2) is 4.79 Å². The molecular formula is C20H29NO6. The topological polar surface area (TPSA) is 121 Å². The van der Waals surface area contributed by atoms with Gasteiger partial charge < -0.3 is 10.2 Å². The first-order valence-electron chi connectivity index (χ1n) is 8.62. The smallest absolute Gasteiger partial charge is 0.335 e. The maximum absolute atomic E-state index is 12.0. The van der Waals surface area contributed by atoms with Crippen LogP contribution in [0.25, 0.3) is 0 Å². The number of Topliss-reactive ketones (excluding diaryl/α,β-unsaturated/α-hetero) is 2. The Balaban J connectivity index is 5.71. The second kappa shape index (κ2) is 10.6. The van der Waals surface area contributed by atoms with E-state index in [1.54, 1.807) is 26.0 Å². The number of carbonyl (C=O) groups excluding carboxylic acids is 2. The number of rotatable bonds is 12.